The summed E-state index contributed by atoms with van der Waals surface area (Å²) >= 11 is 0. The maximum atomic E-state index is 12.1. The quantitative estimate of drug-likeness (QED) is 0.679. The number of hydrogen-bond acceptors (Lipinski definition) is 4. The van der Waals surface area contributed by atoms with Crippen molar-refractivity contribution in [1.29, 1.82) is 0 Å². The number of allylic oxidation sites excluding steroid dienone is 2. The summed E-state index contributed by atoms with van der Waals surface area (Å²) < 4.78 is 4.95. The molecule has 4 heteroatoms. The first-order chi connectivity index (χ1) is 11.3. The molecule has 1 aromatic heterocycles. The predicted molar refractivity (Wildman–Crippen MR) is 88.4 cm³/mol. The first kappa shape index (κ1) is 14.0. The number of nitrogens with zero attached hydrogens (tertiary/aromatic N) is 1. The summed E-state index contributed by atoms with van der Waals surface area (Å²) in [6, 6.07) is 10.1. The number of para-hydroxylation sites is 1. The van der Waals surface area contributed by atoms with Crippen molar-refractivity contribution in [2.75, 3.05) is 12.4 Å². The number of benzene rings is 1. The third-order valence-corrected chi connectivity index (χ3v) is 4.87. The van der Waals surface area contributed by atoms with Crippen molar-refractivity contribution in [3.05, 3.63) is 71.6 Å². The Labute approximate surface area is 135 Å². The number of fused-ring (bicyclic) bond motifs is 3. The third kappa shape index (κ3) is 2.22. The lowest BCUT2D eigenvalue weighted by atomic mass is 9.76. The second-order valence-corrected chi connectivity index (χ2v) is 6.02. The van der Waals surface area contributed by atoms with E-state index < -0.39 is 0 Å². The Kier molecular flexibility index (Phi) is 3.37. The Morgan fingerprint density at radius 1 is 1.26 bits per heavy atom. The molecule has 2 aromatic rings. The Morgan fingerprint density at radius 2 is 2.09 bits per heavy atom. The van der Waals surface area contributed by atoms with Gasteiger partial charge in [-0.15, -0.1) is 0 Å². The van der Waals surface area contributed by atoms with E-state index in [9.17, 15) is 4.79 Å². The maximum Gasteiger partial charge on any atom is 0.339 e. The van der Waals surface area contributed by atoms with Crippen LogP contribution in [0.3, 0.4) is 0 Å². The molecule has 3 unspecified atom stereocenters. The number of anilines is 1. The molecule has 0 saturated heterocycles. The Morgan fingerprint density at radius 3 is 2.87 bits per heavy atom. The van der Waals surface area contributed by atoms with Gasteiger partial charge in [-0.25, -0.2) is 4.79 Å². The van der Waals surface area contributed by atoms with Gasteiger partial charge in [0.2, 0.25) is 0 Å². The minimum absolute atomic E-state index is 0.163. The van der Waals surface area contributed by atoms with Crippen LogP contribution >= 0.6 is 0 Å². The van der Waals surface area contributed by atoms with Crippen LogP contribution in [0.5, 0.6) is 0 Å². The first-order valence-corrected chi connectivity index (χ1v) is 7.84. The van der Waals surface area contributed by atoms with Crippen molar-refractivity contribution in [3.63, 3.8) is 0 Å². The number of ether oxygens (including phenoxy) is 1. The Hall–Kier alpha value is -2.62. The van der Waals surface area contributed by atoms with Crippen LogP contribution in [0, 0.1) is 5.92 Å². The van der Waals surface area contributed by atoms with E-state index in [4.69, 9.17) is 4.74 Å². The van der Waals surface area contributed by atoms with Gasteiger partial charge in [0.1, 0.15) is 0 Å². The summed E-state index contributed by atoms with van der Waals surface area (Å²) in [5.41, 5.74) is 3.87. The van der Waals surface area contributed by atoms with Gasteiger partial charge in [0.05, 0.1) is 24.4 Å². The van der Waals surface area contributed by atoms with E-state index in [1.54, 1.807) is 0 Å². The largest absolute Gasteiger partial charge is 0.465 e. The topological polar surface area (TPSA) is 51.2 Å². The van der Waals surface area contributed by atoms with Crippen molar-refractivity contribution in [1.82, 2.24) is 4.98 Å². The van der Waals surface area contributed by atoms with Gasteiger partial charge >= 0.3 is 5.97 Å². The molecule has 1 N–H and O–H groups in total. The minimum Gasteiger partial charge on any atom is -0.465 e. The van der Waals surface area contributed by atoms with Crippen LogP contribution in [-0.4, -0.2) is 18.1 Å². The molecule has 1 aliphatic heterocycles. The standard InChI is InChI=1S/C19H18N2O2/c1-23-19(22)16-7-3-6-15-13-4-2-5-14(13)17(21-18(15)16)12-8-10-20-11-9-12/h2-4,6-11,13-14,17,21H,5H2,1H3. The van der Waals surface area contributed by atoms with E-state index >= 15 is 0 Å². The van der Waals surface area contributed by atoms with Crippen molar-refractivity contribution in [3.8, 4) is 0 Å². The van der Waals surface area contributed by atoms with Gasteiger partial charge in [-0.2, -0.15) is 0 Å². The summed E-state index contributed by atoms with van der Waals surface area (Å²) in [7, 11) is 1.42. The summed E-state index contributed by atoms with van der Waals surface area (Å²) in [6.07, 6.45) is 9.17. The van der Waals surface area contributed by atoms with E-state index in [1.165, 1.54) is 18.2 Å². The fourth-order valence-corrected chi connectivity index (χ4v) is 3.80. The molecule has 0 bridgehead atoms. The van der Waals surface area contributed by atoms with Gasteiger partial charge in [0.25, 0.3) is 0 Å². The summed E-state index contributed by atoms with van der Waals surface area (Å²) in [6.45, 7) is 0. The van der Waals surface area contributed by atoms with Gasteiger partial charge in [-0.1, -0.05) is 24.3 Å². The van der Waals surface area contributed by atoms with Crippen molar-refractivity contribution in [2.24, 2.45) is 5.92 Å². The lowest BCUT2D eigenvalue weighted by Gasteiger charge is -2.38. The van der Waals surface area contributed by atoms with Gasteiger partial charge < -0.3 is 10.1 Å². The van der Waals surface area contributed by atoms with Gasteiger partial charge in [-0.3, -0.25) is 4.98 Å². The molecule has 0 fully saturated rings. The molecule has 1 aromatic carbocycles. The van der Waals surface area contributed by atoms with Crippen molar-refractivity contribution < 1.29 is 9.53 Å². The monoisotopic (exact) mass is 306 g/mol. The molecule has 4 rings (SSSR count). The number of carbonyl (C=O) groups is 1. The van der Waals surface area contributed by atoms with E-state index in [-0.39, 0.29) is 12.0 Å². The lowest BCUT2D eigenvalue weighted by Crippen LogP contribution is -2.30. The second-order valence-electron chi connectivity index (χ2n) is 6.02. The second kappa shape index (κ2) is 5.54. The molecular weight excluding hydrogens is 288 g/mol. The molecule has 2 aliphatic rings. The van der Waals surface area contributed by atoms with Crippen molar-refractivity contribution in [2.45, 2.75) is 18.4 Å². The summed E-state index contributed by atoms with van der Waals surface area (Å²) in [5, 5.41) is 3.60. The molecule has 0 saturated carbocycles. The number of esters is 1. The fourth-order valence-electron chi connectivity index (χ4n) is 3.80. The highest BCUT2D eigenvalue weighted by Crippen LogP contribution is 2.50. The molecule has 23 heavy (non-hydrogen) atoms. The Bertz CT molecular complexity index is 770. The van der Waals surface area contributed by atoms with E-state index in [0.29, 0.717) is 17.4 Å². The highest BCUT2D eigenvalue weighted by atomic mass is 16.5. The number of pyridine rings is 1. The molecule has 3 atom stereocenters. The van der Waals surface area contributed by atoms with Crippen LogP contribution < -0.4 is 5.32 Å². The molecule has 0 spiro atoms. The summed E-state index contributed by atoms with van der Waals surface area (Å²) in [5.74, 6) is 0.482. The summed E-state index contributed by atoms with van der Waals surface area (Å²) in [4.78, 5) is 16.2. The lowest BCUT2D eigenvalue weighted by molar-refractivity contribution is 0.0601. The zero-order valence-corrected chi connectivity index (χ0v) is 12.9. The highest BCUT2D eigenvalue weighted by molar-refractivity contribution is 5.97. The molecule has 1 aliphatic carbocycles. The SMILES string of the molecule is COC(=O)c1cccc2c1NC(c1ccncc1)C1CC=CC21. The number of hydrogen-bond donors (Lipinski definition) is 1. The zero-order chi connectivity index (χ0) is 15.8. The van der Waals surface area contributed by atoms with Gasteiger partial charge in [0.15, 0.2) is 0 Å². The van der Waals surface area contributed by atoms with E-state index in [0.717, 1.165) is 12.1 Å². The molecule has 2 heterocycles. The number of nitrogens with one attached hydrogen (secondary N) is 1. The average molecular weight is 306 g/mol. The van der Waals surface area contributed by atoms with Gasteiger partial charge in [0, 0.05) is 18.3 Å². The molecule has 4 nitrogen and oxygen atoms in total. The maximum absolute atomic E-state index is 12.1. The van der Waals surface area contributed by atoms with Crippen molar-refractivity contribution >= 4 is 11.7 Å². The molecule has 0 amide bonds. The van der Waals surface area contributed by atoms with Crippen LogP contribution in [-0.2, 0) is 4.74 Å². The van der Waals surface area contributed by atoms with Gasteiger partial charge in [-0.05, 0) is 41.7 Å². The number of carbonyl (C=O) groups excluding carboxylic acids is 1. The third-order valence-electron chi connectivity index (χ3n) is 4.87. The van der Waals surface area contributed by atoms with Crippen LogP contribution in [0.15, 0.2) is 54.9 Å². The molecular formula is C19H18N2O2. The molecule has 0 radical (unpaired) electrons. The average Bonchev–Trinajstić information content (AvgIpc) is 3.10. The normalized spacial score (nSPS) is 24.5. The van der Waals surface area contributed by atoms with Crippen LogP contribution in [0.4, 0.5) is 5.69 Å². The predicted octanol–water partition coefficient (Wildman–Crippen LogP) is 3.69. The van der Waals surface area contributed by atoms with E-state index in [2.05, 4.69) is 28.5 Å². The number of aromatic nitrogens is 1. The van der Waals surface area contributed by atoms with E-state index in [1.807, 2.05) is 36.7 Å². The zero-order valence-electron chi connectivity index (χ0n) is 12.9. The minimum atomic E-state index is -0.303. The first-order valence-electron chi connectivity index (χ1n) is 7.84. The number of methoxy groups -OCH3 is 1. The van der Waals surface area contributed by atoms with Crippen LogP contribution in [0.2, 0.25) is 0 Å². The fraction of sp³-hybridized carbons (Fsp3) is 0.263. The van der Waals surface area contributed by atoms with Crippen LogP contribution in [0.25, 0.3) is 0 Å². The van der Waals surface area contributed by atoms with Crippen LogP contribution in [0.1, 0.15) is 39.9 Å². The Balaban J connectivity index is 1.84. The highest BCUT2D eigenvalue weighted by Gasteiger charge is 2.39. The molecule has 116 valence electrons. The number of rotatable bonds is 2. The smallest absolute Gasteiger partial charge is 0.339 e.